The van der Waals surface area contributed by atoms with Crippen molar-refractivity contribution in [1.29, 1.82) is 0 Å². The van der Waals surface area contributed by atoms with E-state index in [4.69, 9.17) is 5.73 Å². The van der Waals surface area contributed by atoms with Gasteiger partial charge < -0.3 is 10.6 Å². The first-order chi connectivity index (χ1) is 9.39. The van der Waals surface area contributed by atoms with Crippen molar-refractivity contribution in [2.45, 2.75) is 58.0 Å². The predicted octanol–water partition coefficient (Wildman–Crippen LogP) is 0.434. The Hall–Kier alpha value is -0.660. The van der Waals surface area contributed by atoms with E-state index in [9.17, 15) is 13.2 Å². The fraction of sp³-hybridized carbons (Fsp3) is 0.923. The van der Waals surface area contributed by atoms with Crippen LogP contribution in [-0.2, 0) is 14.8 Å². The summed E-state index contributed by atoms with van der Waals surface area (Å²) in [5, 5.41) is 0. The van der Waals surface area contributed by atoms with Gasteiger partial charge in [-0.15, -0.1) is 0 Å². The summed E-state index contributed by atoms with van der Waals surface area (Å²) in [7, 11) is -3.16. The van der Waals surface area contributed by atoms with E-state index >= 15 is 0 Å². The molecule has 6 nitrogen and oxygen atoms in total. The van der Waals surface area contributed by atoms with Crippen LogP contribution in [0, 0.1) is 0 Å². The second-order valence-corrected chi connectivity index (χ2v) is 7.41. The van der Waals surface area contributed by atoms with Gasteiger partial charge in [-0.1, -0.05) is 19.8 Å². The van der Waals surface area contributed by atoms with Crippen molar-refractivity contribution in [1.82, 2.24) is 9.62 Å². The molecule has 118 valence electrons. The highest BCUT2D eigenvalue weighted by Gasteiger charge is 2.27. The van der Waals surface area contributed by atoms with E-state index in [1.54, 1.807) is 11.8 Å². The van der Waals surface area contributed by atoms with E-state index in [1.165, 1.54) is 0 Å². The van der Waals surface area contributed by atoms with Gasteiger partial charge in [0.1, 0.15) is 0 Å². The summed E-state index contributed by atoms with van der Waals surface area (Å²) < 4.78 is 25.7. The third-order valence-electron chi connectivity index (χ3n) is 3.72. The molecule has 1 amide bonds. The Bertz CT molecular complexity index is 403. The minimum absolute atomic E-state index is 0.00440. The van der Waals surface area contributed by atoms with Crippen molar-refractivity contribution in [2.24, 2.45) is 5.73 Å². The van der Waals surface area contributed by atoms with Crippen molar-refractivity contribution in [3.05, 3.63) is 0 Å². The predicted molar refractivity (Wildman–Crippen MR) is 79.7 cm³/mol. The monoisotopic (exact) mass is 305 g/mol. The lowest BCUT2D eigenvalue weighted by molar-refractivity contribution is -0.133. The number of amides is 1. The van der Waals surface area contributed by atoms with Crippen LogP contribution >= 0.6 is 0 Å². The Balaban J connectivity index is 2.40. The van der Waals surface area contributed by atoms with Crippen LogP contribution in [0.1, 0.15) is 46.0 Å². The highest BCUT2D eigenvalue weighted by molar-refractivity contribution is 7.89. The van der Waals surface area contributed by atoms with E-state index in [-0.39, 0.29) is 17.7 Å². The Kier molecular flexibility index (Phi) is 6.91. The van der Waals surface area contributed by atoms with Gasteiger partial charge in [0, 0.05) is 19.1 Å². The van der Waals surface area contributed by atoms with Crippen molar-refractivity contribution < 1.29 is 13.2 Å². The summed E-state index contributed by atoms with van der Waals surface area (Å²) in [5.41, 5.74) is 5.89. The number of carbonyl (C=O) groups is 1. The van der Waals surface area contributed by atoms with Crippen molar-refractivity contribution in [3.8, 4) is 0 Å². The number of nitrogens with one attached hydrogen (secondary N) is 1. The molecule has 0 aromatic carbocycles. The Labute approximate surface area is 122 Å². The molecule has 1 saturated heterocycles. The molecule has 0 saturated carbocycles. The molecule has 0 spiro atoms. The zero-order chi connectivity index (χ0) is 15.2. The zero-order valence-electron chi connectivity index (χ0n) is 12.5. The maximum atomic E-state index is 12.1. The number of unbranched alkanes of at least 4 members (excludes halogenated alkanes) is 1. The quantitative estimate of drug-likeness (QED) is 0.713. The fourth-order valence-electron chi connectivity index (χ4n) is 2.34. The smallest absolute Gasteiger partial charge is 0.239 e. The second-order valence-electron chi connectivity index (χ2n) is 5.37. The summed E-state index contributed by atoms with van der Waals surface area (Å²) in [4.78, 5) is 13.9. The van der Waals surface area contributed by atoms with E-state index < -0.39 is 16.1 Å². The average molecular weight is 305 g/mol. The SMILES string of the molecule is CCCC[C@H](N)C(=O)N1CCC(NS(=O)(=O)CC)CC1. The third-order valence-corrected chi connectivity index (χ3v) is 5.17. The Morgan fingerprint density at radius 2 is 1.95 bits per heavy atom. The van der Waals surface area contributed by atoms with Gasteiger partial charge in [-0.2, -0.15) is 0 Å². The number of likely N-dealkylation sites (tertiary alicyclic amines) is 1. The number of hydrogen-bond donors (Lipinski definition) is 2. The standard InChI is InChI=1S/C13H27N3O3S/c1-3-5-6-12(14)13(17)16-9-7-11(8-10-16)15-20(18,19)4-2/h11-12,15H,3-10,14H2,1-2H3/t12-/m0/s1. The van der Waals surface area contributed by atoms with Crippen molar-refractivity contribution in [3.63, 3.8) is 0 Å². The molecule has 1 aliphatic rings. The van der Waals surface area contributed by atoms with Crippen molar-refractivity contribution >= 4 is 15.9 Å². The molecule has 0 radical (unpaired) electrons. The number of nitrogens with two attached hydrogens (primary N) is 1. The van der Waals surface area contributed by atoms with Gasteiger partial charge in [0.15, 0.2) is 0 Å². The van der Waals surface area contributed by atoms with Gasteiger partial charge in [0.25, 0.3) is 0 Å². The summed E-state index contributed by atoms with van der Waals surface area (Å²) in [6.45, 7) is 4.85. The summed E-state index contributed by atoms with van der Waals surface area (Å²) >= 11 is 0. The van der Waals surface area contributed by atoms with Gasteiger partial charge in [0.05, 0.1) is 11.8 Å². The van der Waals surface area contributed by atoms with E-state index in [2.05, 4.69) is 11.6 Å². The summed E-state index contributed by atoms with van der Waals surface area (Å²) in [6.07, 6.45) is 4.02. The Morgan fingerprint density at radius 3 is 2.45 bits per heavy atom. The van der Waals surface area contributed by atoms with Gasteiger partial charge in [0.2, 0.25) is 15.9 Å². The van der Waals surface area contributed by atoms with Crippen LogP contribution in [0.2, 0.25) is 0 Å². The molecule has 3 N–H and O–H groups in total. The molecule has 1 aliphatic heterocycles. The molecule has 0 aromatic heterocycles. The minimum Gasteiger partial charge on any atom is -0.341 e. The molecule has 0 aliphatic carbocycles. The number of sulfonamides is 1. The molecule has 0 unspecified atom stereocenters. The van der Waals surface area contributed by atoms with Crippen LogP contribution in [0.5, 0.6) is 0 Å². The Morgan fingerprint density at radius 1 is 1.35 bits per heavy atom. The second kappa shape index (κ2) is 7.95. The third kappa shape index (κ3) is 5.38. The number of nitrogens with zero attached hydrogens (tertiary/aromatic N) is 1. The van der Waals surface area contributed by atoms with Crippen LogP contribution in [0.25, 0.3) is 0 Å². The molecular weight excluding hydrogens is 278 g/mol. The molecule has 1 heterocycles. The molecular formula is C13H27N3O3S. The first kappa shape index (κ1) is 17.4. The van der Waals surface area contributed by atoms with Gasteiger partial charge >= 0.3 is 0 Å². The molecule has 0 bridgehead atoms. The van der Waals surface area contributed by atoms with Gasteiger partial charge in [-0.05, 0) is 26.2 Å². The zero-order valence-corrected chi connectivity index (χ0v) is 13.3. The number of rotatable bonds is 7. The fourth-order valence-corrected chi connectivity index (χ4v) is 3.25. The number of piperidine rings is 1. The van der Waals surface area contributed by atoms with Crippen LogP contribution in [0.4, 0.5) is 0 Å². The van der Waals surface area contributed by atoms with Crippen LogP contribution in [-0.4, -0.2) is 50.2 Å². The molecule has 1 atom stereocenters. The van der Waals surface area contributed by atoms with Crippen LogP contribution in [0.15, 0.2) is 0 Å². The first-order valence-corrected chi connectivity index (χ1v) is 9.09. The van der Waals surface area contributed by atoms with Crippen LogP contribution < -0.4 is 10.5 Å². The lowest BCUT2D eigenvalue weighted by Crippen LogP contribution is -2.51. The summed E-state index contributed by atoms with van der Waals surface area (Å²) in [6, 6.07) is -0.477. The van der Waals surface area contributed by atoms with Gasteiger partial charge in [-0.3, -0.25) is 4.79 Å². The van der Waals surface area contributed by atoms with E-state index in [1.807, 2.05) is 0 Å². The largest absolute Gasteiger partial charge is 0.341 e. The molecule has 1 fully saturated rings. The maximum Gasteiger partial charge on any atom is 0.239 e. The summed E-state index contributed by atoms with van der Waals surface area (Å²) in [5.74, 6) is 0.0869. The molecule has 7 heteroatoms. The highest BCUT2D eigenvalue weighted by Crippen LogP contribution is 2.13. The molecule has 0 aromatic rings. The average Bonchev–Trinajstić information content (AvgIpc) is 2.44. The highest BCUT2D eigenvalue weighted by atomic mass is 32.2. The lowest BCUT2D eigenvalue weighted by atomic mass is 10.0. The maximum absolute atomic E-state index is 12.1. The number of carbonyl (C=O) groups excluding carboxylic acids is 1. The van der Waals surface area contributed by atoms with Crippen molar-refractivity contribution in [2.75, 3.05) is 18.8 Å². The van der Waals surface area contributed by atoms with Crippen LogP contribution in [0.3, 0.4) is 0 Å². The topological polar surface area (TPSA) is 92.5 Å². The van der Waals surface area contributed by atoms with E-state index in [0.29, 0.717) is 25.9 Å². The molecule has 1 rings (SSSR count). The van der Waals surface area contributed by atoms with Gasteiger partial charge in [-0.25, -0.2) is 13.1 Å². The van der Waals surface area contributed by atoms with E-state index in [0.717, 1.165) is 19.3 Å². The first-order valence-electron chi connectivity index (χ1n) is 7.44. The minimum atomic E-state index is -3.16. The normalized spacial score (nSPS) is 19.1. The number of hydrogen-bond acceptors (Lipinski definition) is 4. The lowest BCUT2D eigenvalue weighted by Gasteiger charge is -2.33. The molecule has 20 heavy (non-hydrogen) atoms.